The number of aliphatic hydroxyl groups is 1. The first-order valence-corrected chi connectivity index (χ1v) is 8.66. The normalized spacial score (nSPS) is 15.2. The van der Waals surface area contributed by atoms with Crippen molar-refractivity contribution in [3.8, 4) is 0 Å². The highest BCUT2D eigenvalue weighted by atomic mass is 16.3. The van der Waals surface area contributed by atoms with Crippen LogP contribution in [-0.2, 0) is 11.4 Å². The van der Waals surface area contributed by atoms with Gasteiger partial charge in [0.2, 0.25) is 5.91 Å². The number of aromatic nitrogens is 1. The van der Waals surface area contributed by atoms with Crippen molar-refractivity contribution in [3.05, 3.63) is 53.9 Å². The first kappa shape index (κ1) is 17.4. The van der Waals surface area contributed by atoms with Gasteiger partial charge in [0, 0.05) is 36.4 Å². The Bertz CT molecular complexity index is 788. The molecule has 0 aliphatic carbocycles. The van der Waals surface area contributed by atoms with E-state index in [1.807, 2.05) is 34.9 Å². The van der Waals surface area contributed by atoms with Crippen LogP contribution in [0, 0.1) is 5.41 Å². The summed E-state index contributed by atoms with van der Waals surface area (Å²) in [6.45, 7) is 3.57. The van der Waals surface area contributed by atoms with Gasteiger partial charge in [-0.1, -0.05) is 6.07 Å². The van der Waals surface area contributed by atoms with Crippen LogP contribution in [0.4, 0.5) is 0 Å². The van der Waals surface area contributed by atoms with Gasteiger partial charge in [0.15, 0.2) is 0 Å². The molecule has 0 unspecified atom stereocenters. The minimum absolute atomic E-state index is 0.144. The van der Waals surface area contributed by atoms with Gasteiger partial charge >= 0.3 is 0 Å². The Kier molecular flexibility index (Phi) is 5.63. The third-order valence-electron chi connectivity index (χ3n) is 4.51. The van der Waals surface area contributed by atoms with E-state index in [4.69, 9.17) is 5.41 Å². The quantitative estimate of drug-likeness (QED) is 0.529. The molecule has 0 bridgehead atoms. The number of rotatable bonds is 7. The van der Waals surface area contributed by atoms with Crippen molar-refractivity contribution < 1.29 is 9.90 Å². The number of nitrogens with one attached hydrogen (secondary N) is 2. The van der Waals surface area contributed by atoms with E-state index in [1.54, 1.807) is 0 Å². The van der Waals surface area contributed by atoms with Crippen LogP contribution in [0.1, 0.15) is 24.1 Å². The van der Waals surface area contributed by atoms with Gasteiger partial charge in [0.05, 0.1) is 18.0 Å². The number of amides is 1. The smallest absolute Gasteiger partial charge is 0.244 e. The zero-order valence-corrected chi connectivity index (χ0v) is 14.2. The minimum atomic E-state index is -0.199. The van der Waals surface area contributed by atoms with Crippen LogP contribution in [0.25, 0.3) is 5.52 Å². The third kappa shape index (κ3) is 4.15. The molecule has 3 rings (SSSR count). The van der Waals surface area contributed by atoms with Crippen LogP contribution in [0.5, 0.6) is 0 Å². The van der Waals surface area contributed by atoms with Crippen LogP contribution in [0.3, 0.4) is 0 Å². The standard InChI is InChI=1S/C19H24N4O2/c20-17(6-7-18(25)21-8-12-22-9-3-4-10-22)19-15(14-24)13-16-5-1-2-11-23(16)19/h1-2,5-7,11,13,20,24H,3-4,8-10,12,14H2,(H,21,25)/b7-6-,20-17?. The molecule has 0 saturated carbocycles. The molecular formula is C19H24N4O2. The van der Waals surface area contributed by atoms with Gasteiger partial charge in [-0.05, 0) is 50.2 Å². The van der Waals surface area contributed by atoms with E-state index in [0.29, 0.717) is 17.8 Å². The fraction of sp³-hybridized carbons (Fsp3) is 0.368. The van der Waals surface area contributed by atoms with Crippen molar-refractivity contribution in [1.29, 1.82) is 5.41 Å². The van der Waals surface area contributed by atoms with E-state index in [-0.39, 0.29) is 18.2 Å². The van der Waals surface area contributed by atoms with E-state index < -0.39 is 0 Å². The molecule has 6 heteroatoms. The lowest BCUT2D eigenvalue weighted by molar-refractivity contribution is -0.116. The fourth-order valence-electron chi connectivity index (χ4n) is 3.24. The summed E-state index contributed by atoms with van der Waals surface area (Å²) in [5.74, 6) is -0.199. The maximum absolute atomic E-state index is 11.9. The molecule has 0 atom stereocenters. The second kappa shape index (κ2) is 8.09. The van der Waals surface area contributed by atoms with Gasteiger partial charge in [0.1, 0.15) is 0 Å². The van der Waals surface area contributed by atoms with Gasteiger partial charge in [-0.15, -0.1) is 0 Å². The van der Waals surface area contributed by atoms with Crippen molar-refractivity contribution in [2.24, 2.45) is 0 Å². The number of carbonyl (C=O) groups is 1. The summed E-state index contributed by atoms with van der Waals surface area (Å²) >= 11 is 0. The molecule has 25 heavy (non-hydrogen) atoms. The maximum Gasteiger partial charge on any atom is 0.244 e. The summed E-state index contributed by atoms with van der Waals surface area (Å²) in [5.41, 5.74) is 2.40. The van der Waals surface area contributed by atoms with E-state index >= 15 is 0 Å². The lowest BCUT2D eigenvalue weighted by Crippen LogP contribution is -2.32. The highest BCUT2D eigenvalue weighted by Crippen LogP contribution is 2.17. The van der Waals surface area contributed by atoms with Gasteiger partial charge in [-0.3, -0.25) is 10.2 Å². The molecular weight excluding hydrogens is 316 g/mol. The summed E-state index contributed by atoms with van der Waals surface area (Å²) in [7, 11) is 0. The molecule has 2 aromatic heterocycles. The monoisotopic (exact) mass is 340 g/mol. The largest absolute Gasteiger partial charge is 0.392 e. The van der Waals surface area contributed by atoms with Crippen molar-refractivity contribution in [2.45, 2.75) is 19.4 Å². The summed E-state index contributed by atoms with van der Waals surface area (Å²) < 4.78 is 1.85. The molecule has 132 valence electrons. The first-order valence-electron chi connectivity index (χ1n) is 8.66. The number of hydrogen-bond donors (Lipinski definition) is 3. The van der Waals surface area contributed by atoms with Crippen LogP contribution in [0.15, 0.2) is 42.6 Å². The lowest BCUT2D eigenvalue weighted by atomic mass is 10.1. The second-order valence-electron chi connectivity index (χ2n) is 6.26. The molecule has 3 N–H and O–H groups in total. The molecule has 0 aromatic carbocycles. The van der Waals surface area contributed by atoms with Gasteiger partial charge in [-0.2, -0.15) is 0 Å². The van der Waals surface area contributed by atoms with Crippen molar-refractivity contribution in [2.75, 3.05) is 26.2 Å². The SMILES string of the molecule is N=C(/C=C\C(=O)NCCN1CCCC1)c1c(CO)cc2ccccn12. The van der Waals surface area contributed by atoms with Crippen LogP contribution in [-0.4, -0.2) is 52.2 Å². The fourth-order valence-corrected chi connectivity index (χ4v) is 3.24. The molecule has 0 spiro atoms. The number of allylic oxidation sites excluding steroid dienone is 1. The predicted molar refractivity (Wildman–Crippen MR) is 98.0 cm³/mol. The zero-order valence-electron chi connectivity index (χ0n) is 14.2. The van der Waals surface area contributed by atoms with E-state index in [1.165, 1.54) is 25.0 Å². The third-order valence-corrected chi connectivity index (χ3v) is 4.51. The topological polar surface area (TPSA) is 80.8 Å². The lowest BCUT2D eigenvalue weighted by Gasteiger charge is -2.13. The number of aliphatic hydroxyl groups excluding tert-OH is 1. The van der Waals surface area contributed by atoms with Gasteiger partial charge in [0.25, 0.3) is 0 Å². The summed E-state index contributed by atoms with van der Waals surface area (Å²) in [5, 5.41) is 20.7. The van der Waals surface area contributed by atoms with E-state index in [0.717, 1.165) is 25.2 Å². The Morgan fingerprint density at radius 3 is 2.84 bits per heavy atom. The molecule has 0 radical (unpaired) electrons. The second-order valence-corrected chi connectivity index (χ2v) is 6.26. The highest BCUT2D eigenvalue weighted by molar-refractivity contribution is 6.09. The van der Waals surface area contributed by atoms with Crippen molar-refractivity contribution in [3.63, 3.8) is 0 Å². The molecule has 1 saturated heterocycles. The van der Waals surface area contributed by atoms with Crippen molar-refractivity contribution >= 4 is 17.1 Å². The number of fused-ring (bicyclic) bond motifs is 1. The Morgan fingerprint density at radius 2 is 2.08 bits per heavy atom. The number of hydrogen-bond acceptors (Lipinski definition) is 4. The first-order chi connectivity index (χ1) is 12.2. The van der Waals surface area contributed by atoms with Crippen molar-refractivity contribution in [1.82, 2.24) is 14.6 Å². The number of carbonyl (C=O) groups excluding carboxylic acids is 1. The number of pyridine rings is 1. The molecule has 6 nitrogen and oxygen atoms in total. The average molecular weight is 340 g/mol. The number of nitrogens with zero attached hydrogens (tertiary/aromatic N) is 2. The van der Waals surface area contributed by atoms with E-state index in [2.05, 4.69) is 10.2 Å². The minimum Gasteiger partial charge on any atom is -0.392 e. The summed E-state index contributed by atoms with van der Waals surface area (Å²) in [6, 6.07) is 7.56. The average Bonchev–Trinajstić information content (AvgIpc) is 3.26. The Balaban J connectivity index is 1.61. The Morgan fingerprint density at radius 1 is 1.28 bits per heavy atom. The Hall–Kier alpha value is -2.44. The van der Waals surface area contributed by atoms with Gasteiger partial charge in [-0.25, -0.2) is 0 Å². The molecule has 1 fully saturated rings. The van der Waals surface area contributed by atoms with Crippen LogP contribution < -0.4 is 5.32 Å². The number of likely N-dealkylation sites (tertiary alicyclic amines) is 1. The predicted octanol–water partition coefficient (Wildman–Crippen LogP) is 1.57. The highest BCUT2D eigenvalue weighted by Gasteiger charge is 2.13. The summed E-state index contributed by atoms with van der Waals surface area (Å²) in [4.78, 5) is 14.3. The molecule has 3 heterocycles. The molecule has 1 amide bonds. The van der Waals surface area contributed by atoms with Crippen LogP contribution in [0.2, 0.25) is 0 Å². The summed E-state index contributed by atoms with van der Waals surface area (Å²) in [6.07, 6.45) is 7.20. The maximum atomic E-state index is 11.9. The van der Waals surface area contributed by atoms with Gasteiger partial charge < -0.3 is 19.7 Å². The Labute approximate surface area is 147 Å². The van der Waals surface area contributed by atoms with E-state index in [9.17, 15) is 9.90 Å². The van der Waals surface area contributed by atoms with Crippen LogP contribution >= 0.6 is 0 Å². The molecule has 2 aromatic rings. The molecule has 1 aliphatic heterocycles. The molecule has 1 aliphatic rings. The zero-order chi connectivity index (χ0) is 17.6.